The topological polar surface area (TPSA) is 37.8 Å². The third-order valence-electron chi connectivity index (χ3n) is 2.82. The Bertz CT molecular complexity index is 634. The Morgan fingerprint density at radius 2 is 2.00 bits per heavy atom. The smallest absolute Gasteiger partial charge is 0.0813 e. The molecule has 2 aromatic heterocycles. The Labute approximate surface area is 110 Å². The van der Waals surface area contributed by atoms with Crippen LogP contribution >= 0.6 is 11.3 Å². The molecule has 0 radical (unpaired) electrons. The van der Waals surface area contributed by atoms with E-state index in [1.165, 1.54) is 10.3 Å². The van der Waals surface area contributed by atoms with Crippen molar-refractivity contribution < 1.29 is 0 Å². The van der Waals surface area contributed by atoms with Gasteiger partial charge in [-0.05, 0) is 42.3 Å². The molecular weight excluding hydrogens is 242 g/mol. The Balaban J connectivity index is 1.62. The van der Waals surface area contributed by atoms with Crippen LogP contribution in [0.15, 0.2) is 48.2 Å². The van der Waals surface area contributed by atoms with E-state index in [9.17, 15) is 0 Å². The molecule has 2 heterocycles. The van der Waals surface area contributed by atoms with Gasteiger partial charge in [-0.1, -0.05) is 0 Å². The number of hydrogen-bond donors (Lipinski definition) is 1. The highest BCUT2D eigenvalue weighted by atomic mass is 32.1. The lowest BCUT2D eigenvalue weighted by molar-refractivity contribution is 1.01. The summed E-state index contributed by atoms with van der Waals surface area (Å²) >= 11 is 1.67. The third-order valence-corrected chi connectivity index (χ3v) is 3.62. The van der Waals surface area contributed by atoms with Gasteiger partial charge in [-0.3, -0.25) is 4.98 Å². The van der Waals surface area contributed by atoms with Gasteiger partial charge in [0.2, 0.25) is 0 Å². The van der Waals surface area contributed by atoms with Crippen molar-refractivity contribution in [3.8, 4) is 0 Å². The van der Waals surface area contributed by atoms with Crippen LogP contribution < -0.4 is 5.32 Å². The average molecular weight is 255 g/mol. The van der Waals surface area contributed by atoms with E-state index in [-0.39, 0.29) is 0 Å². The molecule has 0 unspecified atom stereocenters. The quantitative estimate of drug-likeness (QED) is 0.777. The highest BCUT2D eigenvalue weighted by Gasteiger charge is 1.98. The summed E-state index contributed by atoms with van der Waals surface area (Å²) in [5.41, 5.74) is 5.41. The molecule has 0 aliphatic rings. The number of rotatable bonds is 4. The number of nitrogens with one attached hydrogen (secondary N) is 1. The molecule has 0 saturated carbocycles. The Kier molecular flexibility index (Phi) is 3.19. The molecule has 1 N–H and O–H groups in total. The van der Waals surface area contributed by atoms with E-state index in [1.54, 1.807) is 11.3 Å². The predicted molar refractivity (Wildman–Crippen MR) is 76.1 cm³/mol. The van der Waals surface area contributed by atoms with Crippen molar-refractivity contribution in [2.75, 3.05) is 11.9 Å². The summed E-state index contributed by atoms with van der Waals surface area (Å²) < 4.78 is 1.23. The zero-order chi connectivity index (χ0) is 12.2. The number of fused-ring (bicyclic) bond motifs is 1. The van der Waals surface area contributed by atoms with Crippen molar-refractivity contribution in [1.29, 1.82) is 0 Å². The molecule has 0 aliphatic heterocycles. The average Bonchev–Trinajstić information content (AvgIpc) is 2.87. The summed E-state index contributed by atoms with van der Waals surface area (Å²) in [6.07, 6.45) is 4.67. The van der Waals surface area contributed by atoms with E-state index in [0.29, 0.717) is 0 Å². The highest BCUT2D eigenvalue weighted by molar-refractivity contribution is 7.16. The fourth-order valence-electron chi connectivity index (χ4n) is 1.87. The molecule has 18 heavy (non-hydrogen) atoms. The Morgan fingerprint density at radius 3 is 2.89 bits per heavy atom. The fourth-order valence-corrected chi connectivity index (χ4v) is 2.58. The van der Waals surface area contributed by atoms with Gasteiger partial charge >= 0.3 is 0 Å². The number of anilines is 1. The van der Waals surface area contributed by atoms with Crippen LogP contribution in [0.2, 0.25) is 0 Å². The van der Waals surface area contributed by atoms with E-state index in [0.717, 1.165) is 24.2 Å². The van der Waals surface area contributed by atoms with Crippen molar-refractivity contribution in [2.45, 2.75) is 6.42 Å². The van der Waals surface area contributed by atoms with Crippen LogP contribution in [0.5, 0.6) is 0 Å². The van der Waals surface area contributed by atoms with Gasteiger partial charge in [0, 0.05) is 24.6 Å². The minimum absolute atomic E-state index is 0.925. The standard InChI is InChI=1S/C14H13N3S/c1-2-13-14(18-10-17-13)9-12(1)16-8-5-11-3-6-15-7-4-11/h1-4,6-7,9-10,16H,5,8H2. The molecular formula is C14H13N3S. The number of aromatic nitrogens is 2. The molecule has 0 bridgehead atoms. The first-order valence-electron chi connectivity index (χ1n) is 5.88. The minimum Gasteiger partial charge on any atom is -0.385 e. The van der Waals surface area contributed by atoms with Crippen LogP contribution in [0.4, 0.5) is 5.69 Å². The first-order chi connectivity index (χ1) is 8.92. The van der Waals surface area contributed by atoms with Gasteiger partial charge in [-0.15, -0.1) is 11.3 Å². The fraction of sp³-hybridized carbons (Fsp3) is 0.143. The van der Waals surface area contributed by atoms with Crippen molar-refractivity contribution >= 4 is 27.2 Å². The molecule has 0 spiro atoms. The molecule has 0 aliphatic carbocycles. The Morgan fingerprint density at radius 1 is 1.11 bits per heavy atom. The van der Waals surface area contributed by atoms with Crippen LogP contribution in [-0.4, -0.2) is 16.5 Å². The molecule has 3 aromatic rings. The van der Waals surface area contributed by atoms with Crippen molar-refractivity contribution in [1.82, 2.24) is 9.97 Å². The summed E-state index contributed by atoms with van der Waals surface area (Å²) in [5.74, 6) is 0. The van der Waals surface area contributed by atoms with E-state index in [2.05, 4.69) is 33.5 Å². The first kappa shape index (κ1) is 11.2. The Hall–Kier alpha value is -1.94. The van der Waals surface area contributed by atoms with E-state index in [4.69, 9.17) is 0 Å². The number of pyridine rings is 1. The minimum atomic E-state index is 0.925. The second-order valence-corrected chi connectivity index (χ2v) is 4.95. The monoisotopic (exact) mass is 255 g/mol. The summed E-state index contributed by atoms with van der Waals surface area (Å²) in [6, 6.07) is 10.4. The van der Waals surface area contributed by atoms with Crippen LogP contribution in [-0.2, 0) is 6.42 Å². The predicted octanol–water partition coefficient (Wildman–Crippen LogP) is 3.35. The molecule has 4 heteroatoms. The van der Waals surface area contributed by atoms with Crippen molar-refractivity contribution in [2.24, 2.45) is 0 Å². The number of thiazole rings is 1. The van der Waals surface area contributed by atoms with Crippen LogP contribution in [0.25, 0.3) is 10.2 Å². The summed E-state index contributed by atoms with van der Waals surface area (Å²) in [5, 5.41) is 3.43. The van der Waals surface area contributed by atoms with Crippen molar-refractivity contribution in [3.05, 3.63) is 53.8 Å². The second-order valence-electron chi connectivity index (χ2n) is 4.07. The summed E-state index contributed by atoms with van der Waals surface area (Å²) in [6.45, 7) is 0.925. The van der Waals surface area contributed by atoms with Gasteiger partial charge in [0.15, 0.2) is 0 Å². The van der Waals surface area contributed by atoms with Gasteiger partial charge < -0.3 is 5.32 Å². The second kappa shape index (κ2) is 5.14. The zero-order valence-electron chi connectivity index (χ0n) is 9.84. The number of benzene rings is 1. The normalized spacial score (nSPS) is 10.7. The maximum absolute atomic E-state index is 4.27. The maximum Gasteiger partial charge on any atom is 0.0813 e. The van der Waals surface area contributed by atoms with Gasteiger partial charge in [0.25, 0.3) is 0 Å². The first-order valence-corrected chi connectivity index (χ1v) is 6.76. The molecule has 3 rings (SSSR count). The van der Waals surface area contributed by atoms with Gasteiger partial charge in [0.1, 0.15) is 0 Å². The largest absolute Gasteiger partial charge is 0.385 e. The maximum atomic E-state index is 4.27. The molecule has 1 aromatic carbocycles. The van der Waals surface area contributed by atoms with E-state index >= 15 is 0 Å². The molecule has 3 nitrogen and oxygen atoms in total. The van der Waals surface area contributed by atoms with Gasteiger partial charge in [0.05, 0.1) is 15.7 Å². The molecule has 0 fully saturated rings. The summed E-state index contributed by atoms with van der Waals surface area (Å²) in [7, 11) is 0. The lowest BCUT2D eigenvalue weighted by Crippen LogP contribution is -2.04. The van der Waals surface area contributed by atoms with Crippen LogP contribution in [0, 0.1) is 0 Å². The molecule has 0 saturated heterocycles. The van der Waals surface area contributed by atoms with Gasteiger partial charge in [-0.25, -0.2) is 4.98 Å². The third kappa shape index (κ3) is 2.49. The lowest BCUT2D eigenvalue weighted by atomic mass is 10.2. The SMILES string of the molecule is c1cc(CCNc2ccc3ncsc3c2)ccn1. The van der Waals surface area contributed by atoms with Gasteiger partial charge in [-0.2, -0.15) is 0 Å². The lowest BCUT2D eigenvalue weighted by Gasteiger charge is -2.06. The zero-order valence-corrected chi connectivity index (χ0v) is 10.7. The van der Waals surface area contributed by atoms with Crippen molar-refractivity contribution in [3.63, 3.8) is 0 Å². The highest BCUT2D eigenvalue weighted by Crippen LogP contribution is 2.21. The van der Waals surface area contributed by atoms with Crippen LogP contribution in [0.3, 0.4) is 0 Å². The summed E-state index contributed by atoms with van der Waals surface area (Å²) in [4.78, 5) is 8.29. The molecule has 0 atom stereocenters. The van der Waals surface area contributed by atoms with Crippen LogP contribution in [0.1, 0.15) is 5.56 Å². The number of nitrogens with zero attached hydrogens (tertiary/aromatic N) is 2. The van der Waals surface area contributed by atoms with E-state index in [1.807, 2.05) is 30.0 Å². The van der Waals surface area contributed by atoms with E-state index < -0.39 is 0 Å². The number of hydrogen-bond acceptors (Lipinski definition) is 4. The molecule has 0 amide bonds. The molecule has 90 valence electrons.